The normalized spacial score (nSPS) is 21.0. The zero-order valence-corrected chi connectivity index (χ0v) is 11.7. The molecule has 1 aliphatic rings. The maximum atomic E-state index is 12.1. The minimum absolute atomic E-state index is 0.0800. The number of carbonyl (C=O) groups excluding carboxylic acids is 1. The molecule has 1 aromatic rings. The molecule has 2 rings (SSSR count). The van der Waals surface area contributed by atoms with E-state index in [0.717, 1.165) is 0 Å². The number of hydrogen-bond acceptors (Lipinski definition) is 5. The number of nitriles is 1. The second-order valence-corrected chi connectivity index (χ2v) is 5.01. The molecule has 7 heteroatoms. The van der Waals surface area contributed by atoms with Gasteiger partial charge < -0.3 is 25.2 Å². The van der Waals surface area contributed by atoms with Crippen molar-refractivity contribution in [3.8, 4) is 11.8 Å². The molecule has 1 aliphatic heterocycles. The van der Waals surface area contributed by atoms with Crippen LogP contribution in [0.15, 0.2) is 18.2 Å². The summed E-state index contributed by atoms with van der Waals surface area (Å²) in [6.07, 6.45) is 0.336. The largest absolute Gasteiger partial charge is 0.495 e. The topological polar surface area (TPSA) is 106 Å². The maximum absolute atomic E-state index is 12.1. The van der Waals surface area contributed by atoms with Crippen molar-refractivity contribution in [1.82, 2.24) is 4.90 Å². The van der Waals surface area contributed by atoms with Gasteiger partial charge in [-0.1, -0.05) is 0 Å². The summed E-state index contributed by atoms with van der Waals surface area (Å²) in [4.78, 5) is 13.5. The van der Waals surface area contributed by atoms with Gasteiger partial charge in [0.05, 0.1) is 25.8 Å². The Morgan fingerprint density at radius 2 is 2.38 bits per heavy atom. The van der Waals surface area contributed by atoms with E-state index in [9.17, 15) is 9.90 Å². The third-order valence-electron chi connectivity index (χ3n) is 3.48. The fourth-order valence-electron chi connectivity index (χ4n) is 2.23. The first-order chi connectivity index (χ1) is 10.0. The number of hydrogen-bond donors (Lipinski definition) is 3. The Labute approximate surface area is 122 Å². The molecule has 0 bridgehead atoms. The molecular weight excluding hydrogens is 274 g/mol. The van der Waals surface area contributed by atoms with Crippen molar-refractivity contribution in [2.24, 2.45) is 0 Å². The number of aliphatic hydroxyl groups is 2. The molecule has 21 heavy (non-hydrogen) atoms. The quantitative estimate of drug-likeness (QED) is 0.753. The summed E-state index contributed by atoms with van der Waals surface area (Å²) in [6.45, 7) is 0.0681. The molecule has 7 nitrogen and oxygen atoms in total. The van der Waals surface area contributed by atoms with Gasteiger partial charge in [-0.25, -0.2) is 4.79 Å². The molecular formula is C14H17N3O4. The zero-order valence-electron chi connectivity index (χ0n) is 11.7. The Morgan fingerprint density at radius 1 is 1.62 bits per heavy atom. The summed E-state index contributed by atoms with van der Waals surface area (Å²) in [7, 11) is 1.47. The van der Waals surface area contributed by atoms with E-state index < -0.39 is 5.60 Å². The SMILES string of the molecule is COc1ccc(NC(=O)N2CC[C@](O)(CO)C2)cc1C#N. The molecule has 2 amide bonds. The first kappa shape index (κ1) is 15.1. The predicted molar refractivity (Wildman–Crippen MR) is 75.0 cm³/mol. The number of β-amino-alcohol motifs (C(OH)–C–C–N with tert-alkyl or cyclic N) is 1. The predicted octanol–water partition coefficient (Wildman–Crippen LogP) is 0.528. The van der Waals surface area contributed by atoms with Crippen LogP contribution in [-0.2, 0) is 0 Å². The third kappa shape index (κ3) is 3.24. The second-order valence-electron chi connectivity index (χ2n) is 5.01. The standard InChI is InChI=1S/C14H17N3O4/c1-21-12-3-2-11(6-10(12)7-15)16-13(19)17-5-4-14(20,8-17)9-18/h2-3,6,18,20H,4-5,8-9H2,1H3,(H,16,19)/t14-/m1/s1. The number of anilines is 1. The van der Waals surface area contributed by atoms with Gasteiger partial charge >= 0.3 is 6.03 Å². The van der Waals surface area contributed by atoms with Gasteiger partial charge in [0.15, 0.2) is 0 Å². The fraction of sp³-hybridized carbons (Fsp3) is 0.429. The van der Waals surface area contributed by atoms with Crippen LogP contribution in [0.2, 0.25) is 0 Å². The molecule has 1 saturated heterocycles. The lowest BCUT2D eigenvalue weighted by molar-refractivity contribution is -0.00246. The second kappa shape index (κ2) is 5.99. The van der Waals surface area contributed by atoms with E-state index in [1.165, 1.54) is 18.1 Å². The number of urea groups is 1. The van der Waals surface area contributed by atoms with Gasteiger partial charge in [0, 0.05) is 12.2 Å². The highest BCUT2D eigenvalue weighted by Gasteiger charge is 2.37. The molecule has 1 atom stereocenters. The van der Waals surface area contributed by atoms with Crippen molar-refractivity contribution in [2.45, 2.75) is 12.0 Å². The number of benzene rings is 1. The lowest BCUT2D eigenvalue weighted by atomic mass is 10.1. The number of amides is 2. The van der Waals surface area contributed by atoms with Crippen LogP contribution in [0.1, 0.15) is 12.0 Å². The number of rotatable bonds is 3. The summed E-state index contributed by atoms with van der Waals surface area (Å²) >= 11 is 0. The zero-order chi connectivity index (χ0) is 15.5. The molecule has 0 unspecified atom stereocenters. The van der Waals surface area contributed by atoms with E-state index in [-0.39, 0.29) is 19.2 Å². The molecule has 0 spiro atoms. The van der Waals surface area contributed by atoms with Gasteiger partial charge in [-0.3, -0.25) is 0 Å². The van der Waals surface area contributed by atoms with Gasteiger partial charge in [0.2, 0.25) is 0 Å². The molecule has 1 aromatic carbocycles. The highest BCUT2D eigenvalue weighted by atomic mass is 16.5. The summed E-state index contributed by atoms with van der Waals surface area (Å²) in [6, 6.07) is 6.36. The van der Waals surface area contributed by atoms with Crippen molar-refractivity contribution in [3.63, 3.8) is 0 Å². The van der Waals surface area contributed by atoms with Crippen molar-refractivity contribution in [3.05, 3.63) is 23.8 Å². The molecule has 1 heterocycles. The molecule has 3 N–H and O–H groups in total. The first-order valence-electron chi connectivity index (χ1n) is 6.48. The Bertz CT molecular complexity index is 584. The van der Waals surface area contributed by atoms with Crippen molar-refractivity contribution >= 4 is 11.7 Å². The summed E-state index contributed by atoms with van der Waals surface area (Å²) in [5.74, 6) is 0.436. The van der Waals surface area contributed by atoms with Crippen LogP contribution in [0.3, 0.4) is 0 Å². The third-order valence-corrected chi connectivity index (χ3v) is 3.48. The number of nitrogens with zero attached hydrogens (tertiary/aromatic N) is 2. The van der Waals surface area contributed by atoms with Crippen LogP contribution < -0.4 is 10.1 Å². The molecule has 0 radical (unpaired) electrons. The first-order valence-corrected chi connectivity index (χ1v) is 6.48. The van der Waals surface area contributed by atoms with Crippen LogP contribution in [0.25, 0.3) is 0 Å². The Morgan fingerprint density at radius 3 is 2.95 bits per heavy atom. The van der Waals surface area contributed by atoms with Crippen LogP contribution in [-0.4, -0.2) is 53.6 Å². The van der Waals surface area contributed by atoms with E-state index in [1.54, 1.807) is 12.1 Å². The lowest BCUT2D eigenvalue weighted by Gasteiger charge is -2.21. The van der Waals surface area contributed by atoms with Crippen molar-refractivity contribution in [1.29, 1.82) is 5.26 Å². The number of aliphatic hydroxyl groups excluding tert-OH is 1. The van der Waals surface area contributed by atoms with Gasteiger partial charge in [-0.05, 0) is 24.6 Å². The van der Waals surface area contributed by atoms with Crippen LogP contribution in [0.4, 0.5) is 10.5 Å². The monoisotopic (exact) mass is 291 g/mol. The lowest BCUT2D eigenvalue weighted by Crippen LogP contribution is -2.40. The number of methoxy groups -OCH3 is 1. The fourth-order valence-corrected chi connectivity index (χ4v) is 2.23. The highest BCUT2D eigenvalue weighted by Crippen LogP contribution is 2.24. The van der Waals surface area contributed by atoms with Crippen LogP contribution >= 0.6 is 0 Å². The average Bonchev–Trinajstić information content (AvgIpc) is 2.90. The van der Waals surface area contributed by atoms with E-state index in [1.807, 2.05) is 6.07 Å². The average molecular weight is 291 g/mol. The van der Waals surface area contributed by atoms with Gasteiger partial charge in [-0.2, -0.15) is 5.26 Å². The molecule has 0 saturated carbocycles. The van der Waals surface area contributed by atoms with Gasteiger partial charge in [0.1, 0.15) is 17.4 Å². The number of carbonyl (C=O) groups is 1. The molecule has 112 valence electrons. The number of nitrogens with one attached hydrogen (secondary N) is 1. The van der Waals surface area contributed by atoms with E-state index in [2.05, 4.69) is 5.32 Å². The van der Waals surface area contributed by atoms with Gasteiger partial charge in [0.25, 0.3) is 0 Å². The van der Waals surface area contributed by atoms with Gasteiger partial charge in [-0.15, -0.1) is 0 Å². The summed E-state index contributed by atoms with van der Waals surface area (Å²) in [5.41, 5.74) is -0.435. The smallest absolute Gasteiger partial charge is 0.321 e. The minimum atomic E-state index is -1.23. The Kier molecular flexibility index (Phi) is 4.31. The molecule has 0 aliphatic carbocycles. The molecule has 0 aromatic heterocycles. The van der Waals surface area contributed by atoms with E-state index in [4.69, 9.17) is 15.1 Å². The van der Waals surface area contributed by atoms with Crippen molar-refractivity contribution < 1.29 is 19.7 Å². The van der Waals surface area contributed by atoms with Crippen molar-refractivity contribution in [2.75, 3.05) is 32.1 Å². The number of ether oxygens (including phenoxy) is 1. The highest BCUT2D eigenvalue weighted by molar-refractivity contribution is 5.90. The number of likely N-dealkylation sites (tertiary alicyclic amines) is 1. The maximum Gasteiger partial charge on any atom is 0.321 e. The molecule has 1 fully saturated rings. The summed E-state index contributed by atoms with van der Waals surface area (Å²) in [5, 5.41) is 30.7. The van der Waals surface area contributed by atoms with E-state index in [0.29, 0.717) is 30.0 Å². The van der Waals surface area contributed by atoms with E-state index >= 15 is 0 Å². The van der Waals surface area contributed by atoms with Crippen LogP contribution in [0, 0.1) is 11.3 Å². The summed E-state index contributed by atoms with van der Waals surface area (Å²) < 4.78 is 5.03. The minimum Gasteiger partial charge on any atom is -0.495 e. The Balaban J connectivity index is 2.06. The van der Waals surface area contributed by atoms with Crippen LogP contribution in [0.5, 0.6) is 5.75 Å². The Hall–Kier alpha value is -2.30.